The third-order valence-corrected chi connectivity index (χ3v) is 3.26. The molecule has 2 rings (SSSR count). The number of nitrogens with one attached hydrogen (secondary N) is 1. The molecule has 0 saturated carbocycles. The number of hydrogen-bond acceptors (Lipinski definition) is 3. The first-order chi connectivity index (χ1) is 7.31. The van der Waals surface area contributed by atoms with Gasteiger partial charge in [0.25, 0.3) is 0 Å². The highest BCUT2D eigenvalue weighted by Crippen LogP contribution is 2.13. The van der Waals surface area contributed by atoms with E-state index in [1.54, 1.807) is 0 Å². The maximum Gasteiger partial charge on any atom is 0.239 e. The summed E-state index contributed by atoms with van der Waals surface area (Å²) in [7, 11) is 0. The second-order valence-electron chi connectivity index (χ2n) is 4.33. The van der Waals surface area contributed by atoms with E-state index in [0.29, 0.717) is 6.61 Å². The van der Waals surface area contributed by atoms with Crippen LogP contribution in [0.1, 0.15) is 26.2 Å². The fourth-order valence-corrected chi connectivity index (χ4v) is 2.28. The van der Waals surface area contributed by atoms with Gasteiger partial charge in [-0.3, -0.25) is 4.79 Å². The number of rotatable bonds is 2. The normalized spacial score (nSPS) is 31.9. The van der Waals surface area contributed by atoms with Crippen LogP contribution in [0.4, 0.5) is 0 Å². The number of nitrogens with zero attached hydrogens (tertiary/aromatic N) is 1. The fraction of sp³-hybridized carbons (Fsp3) is 0.909. The Labute approximate surface area is 91.0 Å². The zero-order chi connectivity index (χ0) is 10.7. The Morgan fingerprint density at radius 3 is 3.13 bits per heavy atom. The first-order valence-electron chi connectivity index (χ1n) is 5.95. The van der Waals surface area contributed by atoms with Crippen molar-refractivity contribution in [1.82, 2.24) is 10.2 Å². The van der Waals surface area contributed by atoms with Gasteiger partial charge in [-0.25, -0.2) is 0 Å². The van der Waals surface area contributed by atoms with E-state index in [0.717, 1.165) is 38.9 Å². The molecule has 2 aliphatic rings. The maximum atomic E-state index is 12.1. The zero-order valence-corrected chi connectivity index (χ0v) is 9.37. The highest BCUT2D eigenvalue weighted by molar-refractivity contribution is 5.82. The van der Waals surface area contributed by atoms with Gasteiger partial charge in [0, 0.05) is 13.1 Å². The molecule has 4 heteroatoms. The average Bonchev–Trinajstić information content (AvgIpc) is 2.81. The minimum Gasteiger partial charge on any atom is -0.375 e. The smallest absolute Gasteiger partial charge is 0.239 e. The molecule has 86 valence electrons. The van der Waals surface area contributed by atoms with E-state index in [4.69, 9.17) is 4.74 Å². The van der Waals surface area contributed by atoms with Crippen molar-refractivity contribution in [1.29, 1.82) is 0 Å². The summed E-state index contributed by atoms with van der Waals surface area (Å²) in [4.78, 5) is 14.0. The van der Waals surface area contributed by atoms with E-state index in [9.17, 15) is 4.79 Å². The Morgan fingerprint density at radius 2 is 2.47 bits per heavy atom. The predicted molar refractivity (Wildman–Crippen MR) is 57.6 cm³/mol. The second-order valence-corrected chi connectivity index (χ2v) is 4.33. The standard InChI is InChI=1S/C11H20N2O2/c1-2-9-8-13(6-7-15-9)11(14)10-4-3-5-12-10/h9-10,12H,2-8H2,1H3. The van der Waals surface area contributed by atoms with Crippen LogP contribution in [0.2, 0.25) is 0 Å². The van der Waals surface area contributed by atoms with Crippen LogP contribution in [-0.4, -0.2) is 49.2 Å². The molecule has 2 heterocycles. The first kappa shape index (κ1) is 10.9. The lowest BCUT2D eigenvalue weighted by Crippen LogP contribution is -2.51. The van der Waals surface area contributed by atoms with Crippen LogP contribution >= 0.6 is 0 Å². The summed E-state index contributed by atoms with van der Waals surface area (Å²) >= 11 is 0. The quantitative estimate of drug-likeness (QED) is 0.719. The van der Waals surface area contributed by atoms with Crippen LogP contribution in [0.3, 0.4) is 0 Å². The van der Waals surface area contributed by atoms with Crippen molar-refractivity contribution in [3.8, 4) is 0 Å². The van der Waals surface area contributed by atoms with E-state index in [1.165, 1.54) is 0 Å². The molecule has 0 aromatic rings. The lowest BCUT2D eigenvalue weighted by molar-refractivity contribution is -0.140. The average molecular weight is 212 g/mol. The minimum absolute atomic E-state index is 0.0700. The van der Waals surface area contributed by atoms with Gasteiger partial charge >= 0.3 is 0 Å². The van der Waals surface area contributed by atoms with Crippen LogP contribution < -0.4 is 5.32 Å². The summed E-state index contributed by atoms with van der Waals surface area (Å²) in [5.41, 5.74) is 0. The molecular formula is C11H20N2O2. The van der Waals surface area contributed by atoms with Crippen molar-refractivity contribution < 1.29 is 9.53 Å². The van der Waals surface area contributed by atoms with Crippen molar-refractivity contribution in [2.75, 3.05) is 26.2 Å². The predicted octanol–water partition coefficient (Wildman–Crippen LogP) is 0.376. The molecule has 1 N–H and O–H groups in total. The second kappa shape index (κ2) is 4.94. The number of carbonyl (C=O) groups is 1. The number of ether oxygens (including phenoxy) is 1. The number of carbonyl (C=O) groups excluding carboxylic acids is 1. The van der Waals surface area contributed by atoms with Gasteiger partial charge in [0.1, 0.15) is 0 Å². The van der Waals surface area contributed by atoms with Crippen molar-refractivity contribution >= 4 is 5.91 Å². The number of hydrogen-bond donors (Lipinski definition) is 1. The van der Waals surface area contributed by atoms with Crippen LogP contribution in [0, 0.1) is 0 Å². The summed E-state index contributed by atoms with van der Waals surface area (Å²) < 4.78 is 5.56. The molecule has 0 aromatic heterocycles. The molecule has 1 amide bonds. The van der Waals surface area contributed by atoms with Gasteiger partial charge in [-0.05, 0) is 25.8 Å². The van der Waals surface area contributed by atoms with Crippen molar-refractivity contribution in [3.63, 3.8) is 0 Å². The lowest BCUT2D eigenvalue weighted by Gasteiger charge is -2.34. The SMILES string of the molecule is CCC1CN(C(=O)C2CCCN2)CCO1. The Bertz CT molecular complexity index is 227. The zero-order valence-electron chi connectivity index (χ0n) is 9.37. The molecule has 0 aromatic carbocycles. The van der Waals surface area contributed by atoms with Gasteiger partial charge in [-0.2, -0.15) is 0 Å². The van der Waals surface area contributed by atoms with Gasteiger partial charge in [0.2, 0.25) is 5.91 Å². The summed E-state index contributed by atoms with van der Waals surface area (Å²) in [6, 6.07) is 0.0700. The maximum absolute atomic E-state index is 12.1. The third kappa shape index (κ3) is 2.49. The third-order valence-electron chi connectivity index (χ3n) is 3.26. The molecular weight excluding hydrogens is 192 g/mol. The van der Waals surface area contributed by atoms with Crippen molar-refractivity contribution in [2.24, 2.45) is 0 Å². The van der Waals surface area contributed by atoms with E-state index in [1.807, 2.05) is 4.90 Å². The molecule has 2 unspecified atom stereocenters. The minimum atomic E-state index is 0.0700. The lowest BCUT2D eigenvalue weighted by atomic mass is 10.1. The molecule has 0 radical (unpaired) electrons. The summed E-state index contributed by atoms with van der Waals surface area (Å²) in [6.45, 7) is 5.31. The van der Waals surface area contributed by atoms with Crippen LogP contribution in [0.5, 0.6) is 0 Å². The summed E-state index contributed by atoms with van der Waals surface area (Å²) in [5.74, 6) is 0.272. The Hall–Kier alpha value is -0.610. The highest BCUT2D eigenvalue weighted by atomic mass is 16.5. The van der Waals surface area contributed by atoms with Crippen LogP contribution in [0.25, 0.3) is 0 Å². The van der Waals surface area contributed by atoms with E-state index < -0.39 is 0 Å². The fourth-order valence-electron chi connectivity index (χ4n) is 2.28. The summed E-state index contributed by atoms with van der Waals surface area (Å²) in [6.07, 6.45) is 3.34. The topological polar surface area (TPSA) is 41.6 Å². The van der Waals surface area contributed by atoms with Crippen molar-refractivity contribution in [2.45, 2.75) is 38.3 Å². The number of amides is 1. The van der Waals surface area contributed by atoms with Crippen LogP contribution in [-0.2, 0) is 9.53 Å². The van der Waals surface area contributed by atoms with Gasteiger partial charge in [0.05, 0.1) is 18.8 Å². The van der Waals surface area contributed by atoms with Gasteiger partial charge in [0.15, 0.2) is 0 Å². The highest BCUT2D eigenvalue weighted by Gasteiger charge is 2.30. The molecule has 0 bridgehead atoms. The first-order valence-corrected chi connectivity index (χ1v) is 5.95. The van der Waals surface area contributed by atoms with Crippen LogP contribution in [0.15, 0.2) is 0 Å². The van der Waals surface area contributed by atoms with Gasteiger partial charge in [-0.1, -0.05) is 6.92 Å². The molecule has 4 nitrogen and oxygen atoms in total. The van der Waals surface area contributed by atoms with E-state index in [2.05, 4.69) is 12.2 Å². The molecule has 2 fully saturated rings. The molecule has 0 spiro atoms. The Balaban J connectivity index is 1.88. The Kier molecular flexibility index (Phi) is 3.59. The van der Waals surface area contributed by atoms with Gasteiger partial charge < -0.3 is 15.0 Å². The number of morpholine rings is 1. The molecule has 2 saturated heterocycles. The van der Waals surface area contributed by atoms with E-state index >= 15 is 0 Å². The van der Waals surface area contributed by atoms with Gasteiger partial charge in [-0.15, -0.1) is 0 Å². The largest absolute Gasteiger partial charge is 0.375 e. The van der Waals surface area contributed by atoms with E-state index in [-0.39, 0.29) is 18.1 Å². The van der Waals surface area contributed by atoms with Crippen molar-refractivity contribution in [3.05, 3.63) is 0 Å². The Morgan fingerprint density at radius 1 is 1.60 bits per heavy atom. The molecule has 2 aliphatic heterocycles. The molecule has 0 aliphatic carbocycles. The monoisotopic (exact) mass is 212 g/mol. The summed E-state index contributed by atoms with van der Waals surface area (Å²) in [5, 5.41) is 3.25. The molecule has 2 atom stereocenters. The molecule has 15 heavy (non-hydrogen) atoms.